The summed E-state index contributed by atoms with van der Waals surface area (Å²) in [5, 5.41) is 3.36. The van der Waals surface area contributed by atoms with E-state index in [1.54, 1.807) is 11.3 Å². The van der Waals surface area contributed by atoms with Crippen LogP contribution in [0, 0.1) is 6.92 Å². The number of hydrogen-bond donors (Lipinski definition) is 1. The van der Waals surface area contributed by atoms with Crippen LogP contribution in [0.1, 0.15) is 35.9 Å². The van der Waals surface area contributed by atoms with Crippen LogP contribution in [0.15, 0.2) is 5.38 Å². The summed E-state index contributed by atoms with van der Waals surface area (Å²) in [6, 6.07) is 0.357. The summed E-state index contributed by atoms with van der Waals surface area (Å²) in [5.41, 5.74) is 7.12. The first-order chi connectivity index (χ1) is 5.77. The van der Waals surface area contributed by atoms with Gasteiger partial charge in [-0.25, -0.2) is 4.98 Å². The third-order valence-corrected chi connectivity index (χ3v) is 3.62. The quantitative estimate of drug-likeness (QED) is 0.722. The van der Waals surface area contributed by atoms with Crippen LogP contribution in [0.3, 0.4) is 0 Å². The molecule has 1 heterocycles. The summed E-state index contributed by atoms with van der Waals surface area (Å²) < 4.78 is 0. The molecule has 1 aliphatic rings. The van der Waals surface area contributed by atoms with Crippen molar-refractivity contribution in [3.8, 4) is 0 Å². The van der Waals surface area contributed by atoms with E-state index in [1.165, 1.54) is 24.3 Å². The van der Waals surface area contributed by atoms with Gasteiger partial charge in [-0.15, -0.1) is 11.3 Å². The molecule has 0 bridgehead atoms. The Kier molecular flexibility index (Phi) is 2.15. The number of hydrogen-bond acceptors (Lipinski definition) is 3. The highest BCUT2D eigenvalue weighted by atomic mass is 32.1. The monoisotopic (exact) mass is 182 g/mol. The zero-order valence-corrected chi connectivity index (χ0v) is 8.10. The van der Waals surface area contributed by atoms with Gasteiger partial charge in [0.1, 0.15) is 0 Å². The van der Waals surface area contributed by atoms with Gasteiger partial charge in [-0.1, -0.05) is 6.42 Å². The topological polar surface area (TPSA) is 38.9 Å². The second-order valence-corrected chi connectivity index (χ2v) is 4.42. The maximum Gasteiger partial charge on any atom is 0.0974 e. The van der Waals surface area contributed by atoms with Gasteiger partial charge < -0.3 is 5.73 Å². The Morgan fingerprint density at radius 3 is 2.92 bits per heavy atom. The highest BCUT2D eigenvalue weighted by Gasteiger charge is 2.27. The number of nitrogens with two attached hydrogens (primary N) is 1. The van der Waals surface area contributed by atoms with E-state index in [4.69, 9.17) is 5.73 Å². The first-order valence-electron chi connectivity index (χ1n) is 4.45. The molecule has 1 fully saturated rings. The summed E-state index contributed by atoms with van der Waals surface area (Å²) in [5.74, 6) is 0.545. The predicted molar refractivity (Wildman–Crippen MR) is 51.4 cm³/mol. The first kappa shape index (κ1) is 8.20. The molecule has 0 amide bonds. The molecule has 2 rings (SSSR count). The van der Waals surface area contributed by atoms with Crippen LogP contribution < -0.4 is 5.73 Å². The summed E-state index contributed by atoms with van der Waals surface area (Å²) in [6.07, 6.45) is 3.67. The van der Waals surface area contributed by atoms with Gasteiger partial charge in [0, 0.05) is 23.0 Å². The largest absolute Gasteiger partial charge is 0.327 e. The SMILES string of the molecule is Cc1csc(C2CCCC2N)n1. The molecule has 0 radical (unpaired) electrons. The Balaban J connectivity index is 2.19. The molecule has 0 aromatic carbocycles. The second kappa shape index (κ2) is 3.15. The Morgan fingerprint density at radius 1 is 1.58 bits per heavy atom. The van der Waals surface area contributed by atoms with Crippen molar-refractivity contribution < 1.29 is 0 Å². The van der Waals surface area contributed by atoms with Gasteiger partial charge in [0.15, 0.2) is 0 Å². The van der Waals surface area contributed by atoms with Gasteiger partial charge in [0.05, 0.1) is 5.01 Å². The second-order valence-electron chi connectivity index (χ2n) is 3.53. The molecule has 0 saturated heterocycles. The van der Waals surface area contributed by atoms with Gasteiger partial charge in [0.25, 0.3) is 0 Å². The number of thiazole rings is 1. The lowest BCUT2D eigenvalue weighted by molar-refractivity contribution is 0.609. The van der Waals surface area contributed by atoms with E-state index in [0.717, 1.165) is 5.69 Å². The van der Waals surface area contributed by atoms with Gasteiger partial charge in [0.2, 0.25) is 0 Å². The smallest absolute Gasteiger partial charge is 0.0974 e. The molecule has 1 saturated carbocycles. The fourth-order valence-corrected chi connectivity index (χ4v) is 2.85. The van der Waals surface area contributed by atoms with Crippen LogP contribution in [0.2, 0.25) is 0 Å². The zero-order valence-electron chi connectivity index (χ0n) is 7.29. The van der Waals surface area contributed by atoms with E-state index < -0.39 is 0 Å². The molecule has 3 heteroatoms. The van der Waals surface area contributed by atoms with Gasteiger partial charge >= 0.3 is 0 Å². The van der Waals surface area contributed by atoms with Gasteiger partial charge in [-0.2, -0.15) is 0 Å². The molecule has 2 unspecified atom stereocenters. The van der Waals surface area contributed by atoms with E-state index in [1.807, 2.05) is 6.92 Å². The molecule has 2 N–H and O–H groups in total. The van der Waals surface area contributed by atoms with E-state index in [2.05, 4.69) is 10.4 Å². The molecular formula is C9H14N2S. The molecule has 12 heavy (non-hydrogen) atoms. The van der Waals surface area contributed by atoms with E-state index >= 15 is 0 Å². The Labute approximate surface area is 76.8 Å². The summed E-state index contributed by atoms with van der Waals surface area (Å²) in [7, 11) is 0. The van der Waals surface area contributed by atoms with Crippen molar-refractivity contribution in [1.82, 2.24) is 4.98 Å². The Morgan fingerprint density at radius 2 is 2.42 bits per heavy atom. The predicted octanol–water partition coefficient (Wildman–Crippen LogP) is 2.05. The average molecular weight is 182 g/mol. The lowest BCUT2D eigenvalue weighted by atomic mass is 10.1. The number of aryl methyl sites for hydroxylation is 1. The minimum atomic E-state index is 0.357. The van der Waals surface area contributed by atoms with E-state index in [9.17, 15) is 0 Å². The molecule has 2 nitrogen and oxygen atoms in total. The van der Waals surface area contributed by atoms with Crippen LogP contribution >= 0.6 is 11.3 Å². The molecule has 66 valence electrons. The van der Waals surface area contributed by atoms with Crippen LogP contribution in [0.4, 0.5) is 0 Å². The van der Waals surface area contributed by atoms with Crippen LogP contribution in [0.5, 0.6) is 0 Å². The first-order valence-corrected chi connectivity index (χ1v) is 5.33. The van der Waals surface area contributed by atoms with E-state index in [0.29, 0.717) is 12.0 Å². The molecule has 1 aliphatic carbocycles. The molecule has 0 aliphatic heterocycles. The maximum atomic E-state index is 5.99. The molecule has 1 aromatic heterocycles. The van der Waals surface area contributed by atoms with E-state index in [-0.39, 0.29) is 0 Å². The lowest BCUT2D eigenvalue weighted by Gasteiger charge is -2.10. The fraction of sp³-hybridized carbons (Fsp3) is 0.667. The standard InChI is InChI=1S/C9H14N2S/c1-6-5-12-9(11-6)7-3-2-4-8(7)10/h5,7-8H,2-4,10H2,1H3. The molecule has 1 aromatic rings. The highest BCUT2D eigenvalue weighted by Crippen LogP contribution is 2.34. The van der Waals surface area contributed by atoms with Crippen molar-refractivity contribution in [2.45, 2.75) is 38.1 Å². The molecule has 2 atom stereocenters. The van der Waals surface area contributed by atoms with Crippen molar-refractivity contribution >= 4 is 11.3 Å². The summed E-state index contributed by atoms with van der Waals surface area (Å²) >= 11 is 1.76. The van der Waals surface area contributed by atoms with Crippen LogP contribution in [-0.2, 0) is 0 Å². The third-order valence-electron chi connectivity index (χ3n) is 2.52. The Bertz CT molecular complexity index is 269. The fourth-order valence-electron chi connectivity index (χ4n) is 1.84. The molecular weight excluding hydrogens is 168 g/mol. The minimum Gasteiger partial charge on any atom is -0.327 e. The number of aromatic nitrogens is 1. The Hall–Kier alpha value is -0.410. The average Bonchev–Trinajstić information content (AvgIpc) is 2.58. The van der Waals surface area contributed by atoms with Crippen molar-refractivity contribution in [3.63, 3.8) is 0 Å². The van der Waals surface area contributed by atoms with Gasteiger partial charge in [-0.3, -0.25) is 0 Å². The van der Waals surface area contributed by atoms with Crippen molar-refractivity contribution in [2.24, 2.45) is 5.73 Å². The minimum absolute atomic E-state index is 0.357. The highest BCUT2D eigenvalue weighted by molar-refractivity contribution is 7.09. The number of nitrogens with zero attached hydrogens (tertiary/aromatic N) is 1. The number of rotatable bonds is 1. The normalized spacial score (nSPS) is 29.5. The zero-order chi connectivity index (χ0) is 8.55. The van der Waals surface area contributed by atoms with Crippen LogP contribution in [-0.4, -0.2) is 11.0 Å². The van der Waals surface area contributed by atoms with Crippen molar-refractivity contribution in [1.29, 1.82) is 0 Å². The summed E-state index contributed by atoms with van der Waals surface area (Å²) in [4.78, 5) is 4.48. The van der Waals surface area contributed by atoms with Crippen LogP contribution in [0.25, 0.3) is 0 Å². The maximum absolute atomic E-state index is 5.99. The summed E-state index contributed by atoms with van der Waals surface area (Å²) in [6.45, 7) is 2.04. The van der Waals surface area contributed by atoms with Gasteiger partial charge in [-0.05, 0) is 19.8 Å². The lowest BCUT2D eigenvalue weighted by Crippen LogP contribution is -2.22. The molecule has 0 spiro atoms. The van der Waals surface area contributed by atoms with Crippen molar-refractivity contribution in [3.05, 3.63) is 16.1 Å². The van der Waals surface area contributed by atoms with Crippen molar-refractivity contribution in [2.75, 3.05) is 0 Å². The third kappa shape index (κ3) is 1.39.